The van der Waals surface area contributed by atoms with Gasteiger partial charge in [-0.2, -0.15) is 0 Å². The predicted molar refractivity (Wildman–Crippen MR) is 93.1 cm³/mol. The number of carbonyl (C=O) groups is 1. The van der Waals surface area contributed by atoms with Crippen LogP contribution in [-0.4, -0.2) is 24.0 Å². The van der Waals surface area contributed by atoms with Crippen LogP contribution in [0.25, 0.3) is 11.0 Å². The molecule has 0 radical (unpaired) electrons. The molecule has 1 N–H and O–H groups in total. The van der Waals surface area contributed by atoms with Gasteiger partial charge in [0, 0.05) is 31.2 Å². The summed E-state index contributed by atoms with van der Waals surface area (Å²) >= 11 is 0. The van der Waals surface area contributed by atoms with Gasteiger partial charge in [0.25, 0.3) is 5.91 Å². The minimum atomic E-state index is -0.203. The molecule has 1 fully saturated rings. The maximum Gasteiger partial charge on any atom is 0.287 e. The maximum atomic E-state index is 12.3. The minimum Gasteiger partial charge on any atom is -0.451 e. The number of nitrogens with zero attached hydrogens (tertiary/aromatic N) is 2. The Morgan fingerprint density at radius 1 is 1.17 bits per heavy atom. The van der Waals surface area contributed by atoms with Crippen molar-refractivity contribution in [3.63, 3.8) is 0 Å². The average Bonchev–Trinajstić information content (AvgIpc) is 3.29. The van der Waals surface area contributed by atoms with Crippen LogP contribution in [-0.2, 0) is 6.54 Å². The second-order valence-electron chi connectivity index (χ2n) is 6.05. The summed E-state index contributed by atoms with van der Waals surface area (Å²) in [5.74, 6) is 1.12. The Hall–Kier alpha value is -2.82. The van der Waals surface area contributed by atoms with E-state index in [4.69, 9.17) is 4.42 Å². The van der Waals surface area contributed by atoms with Crippen LogP contribution in [0.4, 0.5) is 5.82 Å². The number of carbonyl (C=O) groups excluding carboxylic acids is 1. The molecule has 0 aliphatic carbocycles. The number of nitrogens with one attached hydrogen (secondary N) is 1. The number of furan rings is 1. The van der Waals surface area contributed by atoms with Crippen molar-refractivity contribution in [2.24, 2.45) is 0 Å². The van der Waals surface area contributed by atoms with Gasteiger partial charge in [0.15, 0.2) is 5.76 Å². The van der Waals surface area contributed by atoms with Gasteiger partial charge in [-0.1, -0.05) is 18.2 Å². The van der Waals surface area contributed by atoms with Crippen LogP contribution in [0.1, 0.15) is 29.0 Å². The van der Waals surface area contributed by atoms with Gasteiger partial charge in [0.05, 0.1) is 0 Å². The molecule has 1 aliphatic heterocycles. The molecule has 5 heteroatoms. The molecule has 2 aromatic heterocycles. The van der Waals surface area contributed by atoms with Crippen molar-refractivity contribution in [2.75, 3.05) is 18.0 Å². The van der Waals surface area contributed by atoms with Crippen molar-refractivity contribution in [1.82, 2.24) is 10.3 Å². The second-order valence-corrected chi connectivity index (χ2v) is 6.05. The highest BCUT2D eigenvalue weighted by Crippen LogP contribution is 2.20. The molecule has 0 bridgehead atoms. The van der Waals surface area contributed by atoms with Crippen LogP contribution in [0.3, 0.4) is 0 Å². The first kappa shape index (κ1) is 14.8. The quantitative estimate of drug-likeness (QED) is 0.800. The Kier molecular flexibility index (Phi) is 3.91. The number of anilines is 1. The van der Waals surface area contributed by atoms with Gasteiger partial charge >= 0.3 is 0 Å². The van der Waals surface area contributed by atoms with E-state index in [1.165, 1.54) is 12.8 Å². The number of amides is 1. The highest BCUT2D eigenvalue weighted by molar-refractivity contribution is 5.96. The third-order valence-electron chi connectivity index (χ3n) is 4.34. The summed E-state index contributed by atoms with van der Waals surface area (Å²) in [4.78, 5) is 19.0. The van der Waals surface area contributed by atoms with Gasteiger partial charge in [-0.05, 0) is 42.7 Å². The first-order valence-electron chi connectivity index (χ1n) is 8.26. The number of hydrogen-bond acceptors (Lipinski definition) is 4. The van der Waals surface area contributed by atoms with E-state index >= 15 is 0 Å². The molecule has 1 aliphatic rings. The van der Waals surface area contributed by atoms with Gasteiger partial charge in [-0.25, -0.2) is 4.98 Å². The zero-order chi connectivity index (χ0) is 16.4. The van der Waals surface area contributed by atoms with Crippen molar-refractivity contribution in [2.45, 2.75) is 19.4 Å². The number of para-hydroxylation sites is 1. The lowest BCUT2D eigenvalue weighted by molar-refractivity contribution is 0.0925. The molecule has 0 saturated carbocycles. The number of benzene rings is 1. The highest BCUT2D eigenvalue weighted by atomic mass is 16.3. The van der Waals surface area contributed by atoms with E-state index in [-0.39, 0.29) is 5.91 Å². The molecular formula is C19H19N3O2. The minimum absolute atomic E-state index is 0.203. The fourth-order valence-electron chi connectivity index (χ4n) is 3.05. The Morgan fingerprint density at radius 2 is 2.00 bits per heavy atom. The number of fused-ring (bicyclic) bond motifs is 1. The Morgan fingerprint density at radius 3 is 2.83 bits per heavy atom. The smallest absolute Gasteiger partial charge is 0.287 e. The molecule has 0 atom stereocenters. The lowest BCUT2D eigenvalue weighted by atomic mass is 10.2. The Bertz CT molecular complexity index is 833. The van der Waals surface area contributed by atoms with Crippen LogP contribution in [0.5, 0.6) is 0 Å². The molecule has 122 valence electrons. The zero-order valence-corrected chi connectivity index (χ0v) is 13.4. The van der Waals surface area contributed by atoms with Gasteiger partial charge < -0.3 is 14.6 Å². The third kappa shape index (κ3) is 2.97. The summed E-state index contributed by atoms with van der Waals surface area (Å²) in [7, 11) is 0. The molecule has 0 spiro atoms. The van der Waals surface area contributed by atoms with E-state index in [2.05, 4.69) is 15.2 Å². The molecular weight excluding hydrogens is 302 g/mol. The molecule has 5 nitrogen and oxygen atoms in total. The maximum absolute atomic E-state index is 12.3. The number of pyridine rings is 1. The Labute approximate surface area is 140 Å². The van der Waals surface area contributed by atoms with Crippen LogP contribution in [0, 0.1) is 0 Å². The summed E-state index contributed by atoms with van der Waals surface area (Å²) in [6.07, 6.45) is 4.24. The SMILES string of the molecule is O=C(NCc1ccnc(N2CCCC2)c1)c1cc2ccccc2o1. The zero-order valence-electron chi connectivity index (χ0n) is 13.4. The summed E-state index contributed by atoms with van der Waals surface area (Å²) in [5, 5.41) is 3.85. The summed E-state index contributed by atoms with van der Waals surface area (Å²) in [5.41, 5.74) is 1.76. The topological polar surface area (TPSA) is 58.4 Å². The van der Waals surface area contributed by atoms with Crippen LogP contribution in [0.15, 0.2) is 53.1 Å². The molecule has 3 heterocycles. The lowest BCUT2D eigenvalue weighted by Crippen LogP contribution is -2.23. The van der Waals surface area contributed by atoms with Crippen LogP contribution in [0.2, 0.25) is 0 Å². The summed E-state index contributed by atoms with van der Waals surface area (Å²) in [6, 6.07) is 13.4. The summed E-state index contributed by atoms with van der Waals surface area (Å²) < 4.78 is 5.59. The van der Waals surface area contributed by atoms with Gasteiger partial charge in [-0.3, -0.25) is 4.79 Å². The monoisotopic (exact) mass is 321 g/mol. The molecule has 24 heavy (non-hydrogen) atoms. The third-order valence-corrected chi connectivity index (χ3v) is 4.34. The van der Waals surface area contributed by atoms with E-state index in [1.807, 2.05) is 36.4 Å². The van der Waals surface area contributed by atoms with Crippen molar-refractivity contribution in [3.8, 4) is 0 Å². The van der Waals surface area contributed by atoms with Crippen molar-refractivity contribution >= 4 is 22.7 Å². The van der Waals surface area contributed by atoms with Crippen LogP contribution >= 0.6 is 0 Å². The normalized spacial score (nSPS) is 14.2. The van der Waals surface area contributed by atoms with E-state index in [0.717, 1.165) is 35.4 Å². The standard InChI is InChI=1S/C19H19N3O2/c23-19(17-12-15-5-1-2-6-16(15)24-17)21-13-14-7-8-20-18(11-14)22-9-3-4-10-22/h1-2,5-8,11-12H,3-4,9-10,13H2,(H,21,23). The van der Waals surface area contributed by atoms with E-state index < -0.39 is 0 Å². The average molecular weight is 321 g/mol. The van der Waals surface area contributed by atoms with E-state index in [9.17, 15) is 4.79 Å². The Balaban J connectivity index is 1.44. The highest BCUT2D eigenvalue weighted by Gasteiger charge is 2.15. The first-order valence-corrected chi connectivity index (χ1v) is 8.26. The largest absolute Gasteiger partial charge is 0.451 e. The van der Waals surface area contributed by atoms with Gasteiger partial charge in [-0.15, -0.1) is 0 Å². The molecule has 1 aromatic carbocycles. The summed E-state index contributed by atoms with van der Waals surface area (Å²) in [6.45, 7) is 2.57. The fourth-order valence-corrected chi connectivity index (χ4v) is 3.05. The molecule has 1 amide bonds. The second kappa shape index (κ2) is 6.35. The van der Waals surface area contributed by atoms with Crippen molar-refractivity contribution in [1.29, 1.82) is 0 Å². The number of rotatable bonds is 4. The first-order chi connectivity index (χ1) is 11.8. The molecule has 4 rings (SSSR count). The molecule has 1 saturated heterocycles. The predicted octanol–water partition coefficient (Wildman–Crippen LogP) is 3.36. The van der Waals surface area contributed by atoms with E-state index in [0.29, 0.717) is 12.3 Å². The molecule has 3 aromatic rings. The van der Waals surface area contributed by atoms with Crippen molar-refractivity contribution in [3.05, 3.63) is 60.0 Å². The van der Waals surface area contributed by atoms with Crippen LogP contribution < -0.4 is 10.2 Å². The van der Waals surface area contributed by atoms with Crippen molar-refractivity contribution < 1.29 is 9.21 Å². The fraction of sp³-hybridized carbons (Fsp3) is 0.263. The lowest BCUT2D eigenvalue weighted by Gasteiger charge is -2.16. The van der Waals surface area contributed by atoms with E-state index in [1.54, 1.807) is 12.3 Å². The van der Waals surface area contributed by atoms with Gasteiger partial charge in [0.1, 0.15) is 11.4 Å². The van der Waals surface area contributed by atoms with Gasteiger partial charge in [0.2, 0.25) is 0 Å². The number of hydrogen-bond donors (Lipinski definition) is 1. The number of aromatic nitrogens is 1. The molecule has 0 unspecified atom stereocenters.